The molecule has 1 aliphatic heterocycles. The molecule has 2 atom stereocenters. The number of amides is 3. The molecule has 1 fully saturated rings. The zero-order valence-electron chi connectivity index (χ0n) is 15.0. The molecular formula is C18H28N4O2. The summed E-state index contributed by atoms with van der Waals surface area (Å²) in [7, 11) is 3.29. The van der Waals surface area contributed by atoms with Crippen LogP contribution >= 0.6 is 0 Å². The fourth-order valence-electron chi connectivity index (χ4n) is 2.97. The molecule has 1 heterocycles. The fraction of sp³-hybridized carbons (Fsp3) is 0.556. The van der Waals surface area contributed by atoms with Crippen LogP contribution in [0.5, 0.6) is 0 Å². The lowest BCUT2D eigenvalue weighted by Crippen LogP contribution is -2.39. The smallest absolute Gasteiger partial charge is 0.321 e. The second kappa shape index (κ2) is 8.04. The summed E-state index contributed by atoms with van der Waals surface area (Å²) >= 11 is 0. The topological polar surface area (TPSA) is 64.7 Å². The van der Waals surface area contributed by atoms with Gasteiger partial charge in [-0.25, -0.2) is 4.79 Å². The van der Waals surface area contributed by atoms with Crippen molar-refractivity contribution >= 4 is 23.3 Å². The van der Waals surface area contributed by atoms with E-state index in [1.807, 2.05) is 24.3 Å². The third-order valence-electron chi connectivity index (χ3n) is 4.50. The van der Waals surface area contributed by atoms with Gasteiger partial charge in [0.15, 0.2) is 0 Å². The van der Waals surface area contributed by atoms with Crippen LogP contribution in [0.1, 0.15) is 20.3 Å². The van der Waals surface area contributed by atoms with Crippen LogP contribution < -0.4 is 15.5 Å². The molecule has 1 aromatic carbocycles. The van der Waals surface area contributed by atoms with Crippen LogP contribution in [0.15, 0.2) is 24.3 Å². The Morgan fingerprint density at radius 2 is 2.00 bits per heavy atom. The number of urea groups is 1. The van der Waals surface area contributed by atoms with E-state index in [1.165, 1.54) is 17.0 Å². The van der Waals surface area contributed by atoms with Crippen molar-refractivity contribution in [3.8, 4) is 0 Å². The summed E-state index contributed by atoms with van der Waals surface area (Å²) in [6, 6.07) is 7.72. The van der Waals surface area contributed by atoms with Crippen molar-refractivity contribution in [3.05, 3.63) is 24.3 Å². The Morgan fingerprint density at radius 1 is 1.33 bits per heavy atom. The predicted octanol–water partition coefficient (Wildman–Crippen LogP) is 2.38. The highest BCUT2D eigenvalue weighted by molar-refractivity contribution is 5.89. The van der Waals surface area contributed by atoms with E-state index < -0.39 is 0 Å². The summed E-state index contributed by atoms with van der Waals surface area (Å²) in [5.41, 5.74) is 1.95. The quantitative estimate of drug-likeness (QED) is 0.870. The van der Waals surface area contributed by atoms with Crippen LogP contribution in [-0.4, -0.2) is 50.6 Å². The van der Waals surface area contributed by atoms with E-state index >= 15 is 0 Å². The number of benzene rings is 1. The SMILES string of the molecule is CNC(=O)[C@@H](C)CN(C)C(=O)Nc1ccc(N2CC[C@H](C)C2)cc1. The van der Waals surface area contributed by atoms with Gasteiger partial charge in [0.1, 0.15) is 0 Å². The Hall–Kier alpha value is -2.24. The molecule has 6 heteroatoms. The Labute approximate surface area is 144 Å². The van der Waals surface area contributed by atoms with E-state index in [9.17, 15) is 9.59 Å². The minimum absolute atomic E-state index is 0.0705. The second-order valence-electron chi connectivity index (χ2n) is 6.71. The Balaban J connectivity index is 1.88. The summed E-state index contributed by atoms with van der Waals surface area (Å²) in [4.78, 5) is 27.6. The first-order valence-corrected chi connectivity index (χ1v) is 8.49. The van der Waals surface area contributed by atoms with Crippen LogP contribution in [-0.2, 0) is 4.79 Å². The zero-order chi connectivity index (χ0) is 17.7. The maximum absolute atomic E-state index is 12.2. The molecule has 1 saturated heterocycles. The molecule has 3 amide bonds. The number of carbonyl (C=O) groups is 2. The number of nitrogens with one attached hydrogen (secondary N) is 2. The summed E-state index contributed by atoms with van der Waals surface area (Å²) < 4.78 is 0. The van der Waals surface area contributed by atoms with Crippen molar-refractivity contribution < 1.29 is 9.59 Å². The third kappa shape index (κ3) is 4.63. The van der Waals surface area contributed by atoms with Gasteiger partial charge in [0, 0.05) is 45.1 Å². The van der Waals surface area contributed by atoms with Crippen LogP contribution in [0.4, 0.5) is 16.2 Å². The van der Waals surface area contributed by atoms with Gasteiger partial charge in [-0.05, 0) is 36.6 Å². The van der Waals surface area contributed by atoms with Gasteiger partial charge >= 0.3 is 6.03 Å². The minimum atomic E-state index is -0.245. The number of hydrogen-bond donors (Lipinski definition) is 2. The Kier molecular flexibility index (Phi) is 6.06. The molecule has 0 aromatic heterocycles. The number of rotatable bonds is 5. The van der Waals surface area contributed by atoms with Crippen LogP contribution in [0, 0.1) is 11.8 Å². The molecule has 132 valence electrons. The van der Waals surface area contributed by atoms with Gasteiger partial charge in [-0.15, -0.1) is 0 Å². The van der Waals surface area contributed by atoms with Crippen LogP contribution in [0.2, 0.25) is 0 Å². The van der Waals surface area contributed by atoms with Crippen LogP contribution in [0.25, 0.3) is 0 Å². The average molecular weight is 332 g/mol. The predicted molar refractivity (Wildman–Crippen MR) is 97.3 cm³/mol. The van der Waals surface area contributed by atoms with Crippen molar-refractivity contribution in [3.63, 3.8) is 0 Å². The molecular weight excluding hydrogens is 304 g/mol. The lowest BCUT2D eigenvalue weighted by Gasteiger charge is -2.22. The molecule has 2 rings (SSSR count). The second-order valence-corrected chi connectivity index (χ2v) is 6.71. The molecule has 6 nitrogen and oxygen atoms in total. The van der Waals surface area contributed by atoms with Crippen molar-refractivity contribution in [1.29, 1.82) is 0 Å². The van der Waals surface area contributed by atoms with Crippen molar-refractivity contribution in [2.75, 3.05) is 43.9 Å². The van der Waals surface area contributed by atoms with E-state index in [2.05, 4.69) is 22.5 Å². The van der Waals surface area contributed by atoms with Crippen molar-refractivity contribution in [2.24, 2.45) is 11.8 Å². The van der Waals surface area contributed by atoms with E-state index in [0.717, 1.165) is 24.7 Å². The lowest BCUT2D eigenvalue weighted by atomic mass is 10.1. The monoisotopic (exact) mass is 332 g/mol. The third-order valence-corrected chi connectivity index (χ3v) is 4.50. The van der Waals surface area contributed by atoms with E-state index in [4.69, 9.17) is 0 Å². The highest BCUT2D eigenvalue weighted by Gasteiger charge is 2.19. The van der Waals surface area contributed by atoms with Gasteiger partial charge in [0.25, 0.3) is 0 Å². The van der Waals surface area contributed by atoms with E-state index in [-0.39, 0.29) is 17.9 Å². The average Bonchev–Trinajstić information content (AvgIpc) is 3.01. The largest absolute Gasteiger partial charge is 0.371 e. The van der Waals surface area contributed by atoms with E-state index in [1.54, 1.807) is 21.0 Å². The number of hydrogen-bond acceptors (Lipinski definition) is 3. The van der Waals surface area contributed by atoms with Crippen LogP contribution in [0.3, 0.4) is 0 Å². The first-order valence-electron chi connectivity index (χ1n) is 8.49. The lowest BCUT2D eigenvalue weighted by molar-refractivity contribution is -0.124. The van der Waals surface area contributed by atoms with Crippen molar-refractivity contribution in [1.82, 2.24) is 10.2 Å². The maximum atomic E-state index is 12.2. The standard InChI is InChI=1S/C18H28N4O2/c1-13-9-10-22(11-13)16-7-5-15(6-8-16)20-18(24)21(4)12-14(2)17(23)19-3/h5-8,13-14H,9-12H2,1-4H3,(H,19,23)(H,20,24)/t13-,14-/m0/s1. The maximum Gasteiger partial charge on any atom is 0.321 e. The van der Waals surface area contributed by atoms with Gasteiger partial charge < -0.3 is 20.4 Å². The zero-order valence-corrected chi connectivity index (χ0v) is 15.0. The molecule has 0 spiro atoms. The molecule has 0 aliphatic carbocycles. The Morgan fingerprint density at radius 3 is 2.54 bits per heavy atom. The molecule has 0 radical (unpaired) electrons. The first kappa shape index (κ1) is 18.1. The van der Waals surface area contributed by atoms with Gasteiger partial charge in [-0.2, -0.15) is 0 Å². The van der Waals surface area contributed by atoms with Gasteiger partial charge in [0.2, 0.25) is 5.91 Å². The molecule has 1 aliphatic rings. The molecule has 0 unspecified atom stereocenters. The molecule has 0 saturated carbocycles. The normalized spacial score (nSPS) is 18.2. The van der Waals surface area contributed by atoms with Crippen molar-refractivity contribution in [2.45, 2.75) is 20.3 Å². The Bertz CT molecular complexity index is 573. The molecule has 0 bridgehead atoms. The highest BCUT2D eigenvalue weighted by atomic mass is 16.2. The first-order chi connectivity index (χ1) is 11.4. The summed E-state index contributed by atoms with van der Waals surface area (Å²) in [5, 5.41) is 5.46. The fourth-order valence-corrected chi connectivity index (χ4v) is 2.97. The number of nitrogens with zero attached hydrogens (tertiary/aromatic N) is 2. The summed E-state index contributed by atoms with van der Waals surface area (Å²) in [5.74, 6) is 0.421. The molecule has 24 heavy (non-hydrogen) atoms. The summed E-state index contributed by atoms with van der Waals surface area (Å²) in [6.45, 7) is 6.62. The number of anilines is 2. The molecule has 2 N–H and O–H groups in total. The van der Waals surface area contributed by atoms with Gasteiger partial charge in [-0.3, -0.25) is 4.79 Å². The van der Waals surface area contributed by atoms with E-state index in [0.29, 0.717) is 6.54 Å². The highest BCUT2D eigenvalue weighted by Crippen LogP contribution is 2.24. The number of carbonyl (C=O) groups excluding carboxylic acids is 2. The van der Waals surface area contributed by atoms with Gasteiger partial charge in [0.05, 0.1) is 5.92 Å². The minimum Gasteiger partial charge on any atom is -0.371 e. The molecule has 1 aromatic rings. The summed E-state index contributed by atoms with van der Waals surface area (Å²) in [6.07, 6.45) is 1.23. The van der Waals surface area contributed by atoms with Gasteiger partial charge in [-0.1, -0.05) is 13.8 Å².